The maximum Gasteiger partial charge on any atom is 0.186 e. The molecule has 1 rings (SSSR count). The number of ether oxygens (including phenoxy) is 1. The topological polar surface area (TPSA) is 42.2 Å². The summed E-state index contributed by atoms with van der Waals surface area (Å²) in [5, 5.41) is 9.21. The largest absolute Gasteiger partial charge is 0.493 e. The molecule has 0 unspecified atom stereocenters. The monoisotopic (exact) mass is 267 g/mol. The number of halogens is 1. The van der Waals surface area contributed by atoms with Gasteiger partial charge < -0.3 is 9.16 Å². The van der Waals surface area contributed by atoms with Crippen molar-refractivity contribution in [3.63, 3.8) is 0 Å². The van der Waals surface area contributed by atoms with Crippen LogP contribution in [0.25, 0.3) is 0 Å². The first kappa shape index (κ1) is 14.7. The second-order valence-corrected chi connectivity index (χ2v) is 9.57. The minimum Gasteiger partial charge on any atom is -0.493 e. The van der Waals surface area contributed by atoms with Crippen molar-refractivity contribution in [1.82, 2.24) is 0 Å². The summed E-state index contributed by atoms with van der Waals surface area (Å²) >= 11 is 0. The standard InChI is InChI=1S/C13H18FNO2Si/c1-9-6-10(13(16-2)11(14)7-9)12(8-15)17-18(3,4)5/h6-7,12H,1-5H3/t12-/m1/s1. The van der Waals surface area contributed by atoms with E-state index < -0.39 is 20.2 Å². The number of benzene rings is 1. The van der Waals surface area contributed by atoms with Gasteiger partial charge in [0, 0.05) is 5.56 Å². The number of nitrogens with zero attached hydrogens (tertiary/aromatic N) is 1. The lowest BCUT2D eigenvalue weighted by Gasteiger charge is -2.23. The fourth-order valence-corrected chi connectivity index (χ4v) is 2.57. The highest BCUT2D eigenvalue weighted by atomic mass is 28.4. The van der Waals surface area contributed by atoms with Crippen molar-refractivity contribution in [3.05, 3.63) is 29.1 Å². The van der Waals surface area contributed by atoms with Crippen molar-refractivity contribution >= 4 is 8.32 Å². The lowest BCUT2D eigenvalue weighted by molar-refractivity contribution is 0.246. The van der Waals surface area contributed by atoms with E-state index in [1.807, 2.05) is 19.6 Å². The van der Waals surface area contributed by atoms with Crippen LogP contribution in [-0.4, -0.2) is 15.4 Å². The molecule has 0 aliphatic heterocycles. The highest BCUT2D eigenvalue weighted by molar-refractivity contribution is 6.69. The molecule has 0 spiro atoms. The first-order chi connectivity index (χ1) is 8.28. The highest BCUT2D eigenvalue weighted by Crippen LogP contribution is 2.32. The molecule has 0 aliphatic rings. The number of hydrogen-bond acceptors (Lipinski definition) is 3. The second-order valence-electron chi connectivity index (χ2n) is 5.11. The minimum absolute atomic E-state index is 0.0883. The third-order valence-electron chi connectivity index (χ3n) is 2.29. The van der Waals surface area contributed by atoms with Crippen LogP contribution < -0.4 is 4.74 Å². The van der Waals surface area contributed by atoms with Gasteiger partial charge in [-0.25, -0.2) is 4.39 Å². The maximum absolute atomic E-state index is 13.8. The highest BCUT2D eigenvalue weighted by Gasteiger charge is 2.26. The molecule has 0 N–H and O–H groups in total. The average Bonchev–Trinajstić information content (AvgIpc) is 2.23. The zero-order chi connectivity index (χ0) is 13.9. The van der Waals surface area contributed by atoms with Gasteiger partial charge in [0.05, 0.1) is 13.2 Å². The van der Waals surface area contributed by atoms with E-state index in [4.69, 9.17) is 9.16 Å². The van der Waals surface area contributed by atoms with Crippen molar-refractivity contribution in [1.29, 1.82) is 5.26 Å². The second kappa shape index (κ2) is 5.51. The lowest BCUT2D eigenvalue weighted by atomic mass is 10.1. The van der Waals surface area contributed by atoms with E-state index in [9.17, 15) is 9.65 Å². The van der Waals surface area contributed by atoms with Gasteiger partial charge in [0.1, 0.15) is 0 Å². The van der Waals surface area contributed by atoms with Gasteiger partial charge in [0.2, 0.25) is 0 Å². The molecule has 1 aromatic carbocycles. The Labute approximate surface area is 108 Å². The smallest absolute Gasteiger partial charge is 0.186 e. The summed E-state index contributed by atoms with van der Waals surface area (Å²) in [5.74, 6) is -0.377. The van der Waals surface area contributed by atoms with Gasteiger partial charge in [0.15, 0.2) is 26.0 Å². The molecule has 1 atom stereocenters. The van der Waals surface area contributed by atoms with Gasteiger partial charge in [-0.1, -0.05) is 0 Å². The fraction of sp³-hybridized carbons (Fsp3) is 0.462. The van der Waals surface area contributed by atoms with E-state index in [1.165, 1.54) is 13.2 Å². The third kappa shape index (κ3) is 3.55. The Kier molecular flexibility index (Phi) is 4.49. The van der Waals surface area contributed by atoms with E-state index in [0.717, 1.165) is 5.56 Å². The molecule has 0 saturated heterocycles. The lowest BCUT2D eigenvalue weighted by Crippen LogP contribution is -2.27. The van der Waals surface area contributed by atoms with E-state index >= 15 is 0 Å². The van der Waals surface area contributed by atoms with Gasteiger partial charge >= 0.3 is 0 Å². The SMILES string of the molecule is COc1c(F)cc(C)cc1[C@@H](C#N)O[Si](C)(C)C. The number of aryl methyl sites for hydroxylation is 1. The van der Waals surface area contributed by atoms with Gasteiger partial charge in [-0.2, -0.15) is 5.26 Å². The predicted molar refractivity (Wildman–Crippen MR) is 70.5 cm³/mol. The van der Waals surface area contributed by atoms with E-state index in [-0.39, 0.29) is 5.75 Å². The van der Waals surface area contributed by atoms with Gasteiger partial charge in [-0.3, -0.25) is 0 Å². The van der Waals surface area contributed by atoms with Crippen molar-refractivity contribution in [2.75, 3.05) is 7.11 Å². The van der Waals surface area contributed by atoms with Crippen LogP contribution in [0.5, 0.6) is 5.75 Å². The summed E-state index contributed by atoms with van der Waals surface area (Å²) in [4.78, 5) is 0. The number of nitriles is 1. The molecule has 3 nitrogen and oxygen atoms in total. The summed E-state index contributed by atoms with van der Waals surface area (Å²) in [7, 11) is -0.506. The number of methoxy groups -OCH3 is 1. The molecule has 0 fully saturated rings. The maximum atomic E-state index is 13.8. The van der Waals surface area contributed by atoms with Gasteiger partial charge in [-0.15, -0.1) is 0 Å². The molecule has 5 heteroatoms. The van der Waals surface area contributed by atoms with Crippen molar-refractivity contribution in [2.45, 2.75) is 32.7 Å². The molecule has 98 valence electrons. The average molecular weight is 267 g/mol. The summed E-state index contributed by atoms with van der Waals surface area (Å²) in [5.41, 5.74) is 1.20. The Balaban J connectivity index is 3.25. The quantitative estimate of drug-likeness (QED) is 0.783. The Morgan fingerprint density at radius 2 is 1.94 bits per heavy atom. The Morgan fingerprint density at radius 1 is 1.33 bits per heavy atom. The van der Waals surface area contributed by atoms with Crippen LogP contribution in [0.4, 0.5) is 4.39 Å². The summed E-state index contributed by atoms with van der Waals surface area (Å²) < 4.78 is 24.6. The van der Waals surface area contributed by atoms with Crippen LogP contribution in [0.15, 0.2) is 12.1 Å². The molecule has 18 heavy (non-hydrogen) atoms. The van der Waals surface area contributed by atoms with Crippen molar-refractivity contribution < 1.29 is 13.6 Å². The molecule has 1 aromatic rings. The fourth-order valence-electron chi connectivity index (χ4n) is 1.68. The van der Waals surface area contributed by atoms with E-state index in [2.05, 4.69) is 6.07 Å². The van der Waals surface area contributed by atoms with Crippen molar-refractivity contribution in [3.8, 4) is 11.8 Å². The van der Waals surface area contributed by atoms with E-state index in [0.29, 0.717) is 5.56 Å². The molecule has 0 heterocycles. The van der Waals surface area contributed by atoms with Crippen LogP contribution in [-0.2, 0) is 4.43 Å². The minimum atomic E-state index is -1.90. The zero-order valence-corrected chi connectivity index (χ0v) is 12.4. The Morgan fingerprint density at radius 3 is 2.39 bits per heavy atom. The van der Waals surface area contributed by atoms with Gasteiger partial charge in [0.25, 0.3) is 0 Å². The normalized spacial score (nSPS) is 12.9. The number of hydrogen-bond donors (Lipinski definition) is 0. The first-order valence-corrected chi connectivity index (χ1v) is 9.11. The third-order valence-corrected chi connectivity index (χ3v) is 3.23. The Bertz CT molecular complexity index is 477. The molecule has 0 radical (unpaired) electrons. The predicted octanol–water partition coefficient (Wildman–Crippen LogP) is 3.56. The van der Waals surface area contributed by atoms with Gasteiger partial charge in [-0.05, 0) is 44.3 Å². The summed E-state index contributed by atoms with van der Waals surface area (Å²) in [6.07, 6.45) is -0.791. The first-order valence-electron chi connectivity index (χ1n) is 5.70. The summed E-state index contributed by atoms with van der Waals surface area (Å²) in [6.45, 7) is 7.72. The molecular weight excluding hydrogens is 249 g/mol. The van der Waals surface area contributed by atoms with Crippen LogP contribution in [0.1, 0.15) is 17.2 Å². The summed E-state index contributed by atoms with van der Waals surface area (Å²) in [6, 6.07) is 5.18. The van der Waals surface area contributed by atoms with E-state index in [1.54, 1.807) is 13.0 Å². The number of rotatable bonds is 4. The van der Waals surface area contributed by atoms with Crippen LogP contribution in [0.3, 0.4) is 0 Å². The Hall–Kier alpha value is -1.38. The molecule has 0 saturated carbocycles. The molecule has 0 aliphatic carbocycles. The van der Waals surface area contributed by atoms with Crippen LogP contribution >= 0.6 is 0 Å². The molecule has 0 bridgehead atoms. The molecular formula is C13H18FNO2Si. The van der Waals surface area contributed by atoms with Crippen LogP contribution in [0.2, 0.25) is 19.6 Å². The zero-order valence-electron chi connectivity index (χ0n) is 11.4. The van der Waals surface area contributed by atoms with Crippen molar-refractivity contribution in [2.24, 2.45) is 0 Å². The molecule has 0 aromatic heterocycles. The molecule has 0 amide bonds. The van der Waals surface area contributed by atoms with Crippen LogP contribution in [0, 0.1) is 24.1 Å².